The van der Waals surface area contributed by atoms with E-state index in [1.807, 2.05) is 12.1 Å². The van der Waals surface area contributed by atoms with Crippen LogP contribution in [0.15, 0.2) is 36.4 Å². The lowest BCUT2D eigenvalue weighted by atomic mass is 9.68. The molecule has 0 heterocycles. The fraction of sp³-hybridized carbons (Fsp3) is 0.654. The van der Waals surface area contributed by atoms with Crippen molar-refractivity contribution in [3.8, 4) is 6.07 Å². The third-order valence-electron chi connectivity index (χ3n) is 7.25. The van der Waals surface area contributed by atoms with E-state index in [9.17, 15) is 4.39 Å². The average molecular weight is 382 g/mol. The van der Waals surface area contributed by atoms with Gasteiger partial charge in [0.05, 0.1) is 18.3 Å². The Bertz CT molecular complexity index is 625. The number of benzene rings is 1. The first-order valence-electron chi connectivity index (χ1n) is 11.5. The summed E-state index contributed by atoms with van der Waals surface area (Å²) in [7, 11) is 0. The van der Waals surface area contributed by atoms with Crippen molar-refractivity contribution in [3.05, 3.63) is 47.5 Å². The molecule has 1 aromatic rings. The number of allylic oxidation sites excluding steroid dienone is 2. The molecule has 0 radical (unpaired) electrons. The second-order valence-electron chi connectivity index (χ2n) is 9.01. The molecule has 0 unspecified atom stereocenters. The van der Waals surface area contributed by atoms with E-state index in [1.165, 1.54) is 69.8 Å². The van der Waals surface area contributed by atoms with Crippen molar-refractivity contribution in [2.24, 2.45) is 17.8 Å². The summed E-state index contributed by atoms with van der Waals surface area (Å²) in [6, 6.07) is 10.5. The monoisotopic (exact) mass is 381 g/mol. The molecule has 0 spiro atoms. The predicted molar refractivity (Wildman–Crippen MR) is 115 cm³/mol. The van der Waals surface area contributed by atoms with Gasteiger partial charge in [0.15, 0.2) is 0 Å². The van der Waals surface area contributed by atoms with Crippen molar-refractivity contribution in [1.82, 2.24) is 0 Å². The van der Waals surface area contributed by atoms with Crippen LogP contribution in [-0.4, -0.2) is 6.67 Å². The van der Waals surface area contributed by atoms with Gasteiger partial charge in [0.25, 0.3) is 0 Å². The van der Waals surface area contributed by atoms with Gasteiger partial charge >= 0.3 is 0 Å². The number of hydrogen-bond donors (Lipinski definition) is 0. The van der Waals surface area contributed by atoms with E-state index in [-0.39, 0.29) is 6.67 Å². The second kappa shape index (κ2) is 11.4. The number of nitrogens with zero attached hydrogens (tertiary/aromatic N) is 1. The zero-order valence-corrected chi connectivity index (χ0v) is 17.3. The number of rotatable bonds is 8. The summed E-state index contributed by atoms with van der Waals surface area (Å²) in [6.07, 6.45) is 19.6. The maximum atomic E-state index is 12.1. The Hall–Kier alpha value is -1.62. The normalized spacial score (nSPS) is 28.3. The van der Waals surface area contributed by atoms with Gasteiger partial charge in [-0.25, -0.2) is 0 Å². The lowest BCUT2D eigenvalue weighted by Gasteiger charge is -2.38. The van der Waals surface area contributed by atoms with E-state index >= 15 is 0 Å². The zero-order chi connectivity index (χ0) is 19.6. The Balaban J connectivity index is 1.34. The smallest absolute Gasteiger partial charge is 0.0991 e. The van der Waals surface area contributed by atoms with E-state index in [0.29, 0.717) is 12.3 Å². The van der Waals surface area contributed by atoms with Gasteiger partial charge in [0.2, 0.25) is 0 Å². The largest absolute Gasteiger partial charge is 0.251 e. The number of alkyl halides is 1. The predicted octanol–water partition coefficient (Wildman–Crippen LogP) is 7.72. The third-order valence-corrected chi connectivity index (χ3v) is 7.25. The summed E-state index contributed by atoms with van der Waals surface area (Å²) in [5, 5.41) is 8.96. The molecule has 2 aliphatic rings. The zero-order valence-electron chi connectivity index (χ0n) is 17.3. The third kappa shape index (κ3) is 6.20. The molecule has 0 bridgehead atoms. The van der Waals surface area contributed by atoms with Crippen LogP contribution in [0.4, 0.5) is 4.39 Å². The molecule has 0 saturated heterocycles. The molecule has 0 atom stereocenters. The number of hydrogen-bond acceptors (Lipinski definition) is 1. The molecule has 2 aliphatic carbocycles. The van der Waals surface area contributed by atoms with Crippen LogP contribution in [0.2, 0.25) is 0 Å². The minimum Gasteiger partial charge on any atom is -0.251 e. The van der Waals surface area contributed by atoms with Gasteiger partial charge in [0.1, 0.15) is 0 Å². The molecule has 2 heteroatoms. The van der Waals surface area contributed by atoms with Crippen LogP contribution >= 0.6 is 0 Å². The molecule has 0 amide bonds. The molecule has 152 valence electrons. The standard InChI is InChI=1S/C26H36FN/c27-19-5-3-1-2-4-6-21-7-11-23(12-8-21)25-15-17-26(18-16-25)24-13-9-22(20-28)10-14-24/h1-2,9-10,13-14,21,23,25-26H,3-8,11-12,15-19H2/b2-1+. The maximum absolute atomic E-state index is 12.1. The summed E-state index contributed by atoms with van der Waals surface area (Å²) in [5.41, 5.74) is 2.20. The Kier molecular flexibility index (Phi) is 8.59. The Labute approximate surface area is 171 Å². The molecule has 1 aromatic carbocycles. The fourth-order valence-corrected chi connectivity index (χ4v) is 5.46. The molecule has 2 saturated carbocycles. The molecule has 3 rings (SSSR count). The van der Waals surface area contributed by atoms with Gasteiger partial charge in [-0.1, -0.05) is 37.1 Å². The van der Waals surface area contributed by atoms with Crippen molar-refractivity contribution in [2.75, 3.05) is 6.67 Å². The summed E-state index contributed by atoms with van der Waals surface area (Å²) in [4.78, 5) is 0. The lowest BCUT2D eigenvalue weighted by Crippen LogP contribution is -2.25. The van der Waals surface area contributed by atoms with Crippen LogP contribution in [0.1, 0.15) is 94.1 Å². The van der Waals surface area contributed by atoms with Gasteiger partial charge in [-0.05, 0) is 106 Å². The average Bonchev–Trinajstić information content (AvgIpc) is 2.77. The number of unbranched alkanes of at least 4 members (excludes halogenated alkanes) is 1. The fourth-order valence-electron chi connectivity index (χ4n) is 5.46. The van der Waals surface area contributed by atoms with Crippen molar-refractivity contribution >= 4 is 0 Å². The first-order chi connectivity index (χ1) is 13.8. The Morgan fingerprint density at radius 2 is 1.46 bits per heavy atom. The Morgan fingerprint density at radius 3 is 2.07 bits per heavy atom. The summed E-state index contributed by atoms with van der Waals surface area (Å²) < 4.78 is 12.1. The molecule has 1 nitrogen and oxygen atoms in total. The van der Waals surface area contributed by atoms with Crippen molar-refractivity contribution in [1.29, 1.82) is 5.26 Å². The van der Waals surface area contributed by atoms with Gasteiger partial charge in [-0.3, -0.25) is 4.39 Å². The van der Waals surface area contributed by atoms with E-state index in [1.54, 1.807) is 0 Å². The highest BCUT2D eigenvalue weighted by molar-refractivity contribution is 5.33. The molecular weight excluding hydrogens is 345 g/mol. The highest BCUT2D eigenvalue weighted by Gasteiger charge is 2.31. The minimum absolute atomic E-state index is 0.191. The van der Waals surface area contributed by atoms with Gasteiger partial charge < -0.3 is 0 Å². The topological polar surface area (TPSA) is 23.8 Å². The van der Waals surface area contributed by atoms with Crippen molar-refractivity contribution in [3.63, 3.8) is 0 Å². The summed E-state index contributed by atoms with van der Waals surface area (Å²) >= 11 is 0. The van der Waals surface area contributed by atoms with Crippen LogP contribution in [0.5, 0.6) is 0 Å². The highest BCUT2D eigenvalue weighted by atomic mass is 19.1. The van der Waals surface area contributed by atoms with E-state index < -0.39 is 0 Å². The van der Waals surface area contributed by atoms with Gasteiger partial charge in [-0.15, -0.1) is 0 Å². The molecule has 0 aliphatic heterocycles. The Morgan fingerprint density at radius 1 is 0.857 bits per heavy atom. The van der Waals surface area contributed by atoms with E-state index in [0.717, 1.165) is 29.7 Å². The first kappa shape index (κ1) is 21.1. The van der Waals surface area contributed by atoms with Crippen LogP contribution < -0.4 is 0 Å². The van der Waals surface area contributed by atoms with Gasteiger partial charge in [0, 0.05) is 0 Å². The van der Waals surface area contributed by atoms with Gasteiger partial charge in [-0.2, -0.15) is 5.26 Å². The molecular formula is C26H36FN. The maximum Gasteiger partial charge on any atom is 0.0991 e. The minimum atomic E-state index is -0.191. The van der Waals surface area contributed by atoms with Crippen molar-refractivity contribution < 1.29 is 4.39 Å². The molecule has 28 heavy (non-hydrogen) atoms. The van der Waals surface area contributed by atoms with Crippen molar-refractivity contribution in [2.45, 2.75) is 83.0 Å². The quantitative estimate of drug-likeness (QED) is 0.334. The van der Waals surface area contributed by atoms with Crippen LogP contribution in [-0.2, 0) is 0 Å². The molecule has 0 N–H and O–H groups in total. The lowest BCUT2D eigenvalue weighted by molar-refractivity contribution is 0.157. The van der Waals surface area contributed by atoms with E-state index in [2.05, 4.69) is 30.4 Å². The summed E-state index contributed by atoms with van der Waals surface area (Å²) in [6.45, 7) is -0.191. The van der Waals surface area contributed by atoms with Crippen LogP contribution in [0.25, 0.3) is 0 Å². The van der Waals surface area contributed by atoms with E-state index in [4.69, 9.17) is 5.26 Å². The first-order valence-corrected chi connectivity index (χ1v) is 11.5. The summed E-state index contributed by atoms with van der Waals surface area (Å²) in [5.74, 6) is 3.51. The highest BCUT2D eigenvalue weighted by Crippen LogP contribution is 2.44. The number of halogens is 1. The second-order valence-corrected chi connectivity index (χ2v) is 9.01. The van der Waals surface area contributed by atoms with Crippen LogP contribution in [0, 0.1) is 29.1 Å². The molecule has 2 fully saturated rings. The van der Waals surface area contributed by atoms with Crippen LogP contribution in [0.3, 0.4) is 0 Å². The SMILES string of the molecule is N#Cc1ccc(C2CCC(C3CCC(CC/C=C/CCCF)CC3)CC2)cc1. The molecule has 0 aromatic heterocycles. The number of nitriles is 1.